The number of esters is 1. The molecule has 6 N–H and O–H groups in total. The molecule has 1 rings (SSSR count). The van der Waals surface area contributed by atoms with Crippen molar-refractivity contribution < 1.29 is 58.3 Å². The quantitative estimate of drug-likeness (QED) is 0.0147. The van der Waals surface area contributed by atoms with Crippen molar-refractivity contribution in [1.82, 2.24) is 0 Å². The highest BCUT2D eigenvalue weighted by Crippen LogP contribution is 2.47. The van der Waals surface area contributed by atoms with Gasteiger partial charge in [0.05, 0.1) is 13.2 Å². The molecule has 0 heterocycles. The highest BCUT2D eigenvalue weighted by atomic mass is 31.2. The first kappa shape index (κ1) is 62.3. The molecule has 0 amide bonds. The number of hydrogen-bond donors (Lipinski definition) is 6. The molecule has 0 radical (unpaired) electrons. The third-order valence-electron chi connectivity index (χ3n) is 12.2. The van der Waals surface area contributed by atoms with Crippen LogP contribution < -0.4 is 0 Å². The van der Waals surface area contributed by atoms with E-state index in [2.05, 4.69) is 62.5 Å². The number of hydrogen-bond acceptors (Lipinski definition) is 11. The zero-order valence-electron chi connectivity index (χ0n) is 41.5. The monoisotopic (exact) mass is 957 g/mol. The molecule has 0 saturated heterocycles. The van der Waals surface area contributed by atoms with E-state index in [1.54, 1.807) is 0 Å². The number of carbonyl (C=O) groups excluding carboxylic acids is 1. The summed E-state index contributed by atoms with van der Waals surface area (Å²) in [6, 6.07) is 0. The molecule has 0 spiro atoms. The van der Waals surface area contributed by atoms with Crippen LogP contribution in [0.2, 0.25) is 0 Å². The molecule has 1 aliphatic rings. The molecule has 13 heteroatoms. The Kier molecular flexibility index (Phi) is 40.9. The van der Waals surface area contributed by atoms with E-state index in [0.717, 1.165) is 70.6 Å². The van der Waals surface area contributed by atoms with E-state index in [4.69, 9.17) is 18.5 Å². The molecule has 0 aromatic heterocycles. The maximum Gasteiger partial charge on any atom is 0.472 e. The lowest BCUT2D eigenvalue weighted by Crippen LogP contribution is -2.64. The lowest BCUT2D eigenvalue weighted by molar-refractivity contribution is -0.220. The smallest absolute Gasteiger partial charge is 0.457 e. The average molecular weight is 957 g/mol. The number of ether oxygens (including phenoxy) is 2. The molecule has 1 saturated carbocycles. The summed E-state index contributed by atoms with van der Waals surface area (Å²) >= 11 is 0. The summed E-state index contributed by atoms with van der Waals surface area (Å²) in [6.07, 6.45) is 41.9. The SMILES string of the molecule is CC/C=C\C/C=C\C/C=C\C/C=C\CCCCCOCC(COP(=O)(O)OC1C(O)C(O)C(O)C(O)C1O)OC(=O)CCCCCCCCCCCCCCCCCCCCCCCCC. The Morgan fingerprint density at radius 1 is 0.500 bits per heavy atom. The highest BCUT2D eigenvalue weighted by Gasteiger charge is 2.51. The van der Waals surface area contributed by atoms with Crippen LogP contribution in [0.25, 0.3) is 0 Å². The van der Waals surface area contributed by atoms with Gasteiger partial charge in [0.2, 0.25) is 0 Å². The van der Waals surface area contributed by atoms with E-state index in [0.29, 0.717) is 13.0 Å². The Bertz CT molecular complexity index is 1270. The normalized spacial score (nSPS) is 21.8. The predicted molar refractivity (Wildman–Crippen MR) is 267 cm³/mol. The van der Waals surface area contributed by atoms with Crippen LogP contribution in [0.3, 0.4) is 0 Å². The second-order valence-electron chi connectivity index (χ2n) is 18.4. The first-order valence-electron chi connectivity index (χ1n) is 26.5. The Balaban J connectivity index is 2.32. The van der Waals surface area contributed by atoms with Crippen LogP contribution in [0, 0.1) is 0 Å². The van der Waals surface area contributed by atoms with Crippen LogP contribution in [0.4, 0.5) is 0 Å². The third kappa shape index (κ3) is 34.6. The molecule has 1 fully saturated rings. The number of aliphatic hydroxyl groups is 5. The summed E-state index contributed by atoms with van der Waals surface area (Å²) in [4.78, 5) is 23.3. The molecule has 0 aliphatic heterocycles. The summed E-state index contributed by atoms with van der Waals surface area (Å²) in [5, 5.41) is 50.3. The van der Waals surface area contributed by atoms with Crippen LogP contribution in [0.5, 0.6) is 0 Å². The molecule has 6 atom stereocenters. The Morgan fingerprint density at radius 2 is 0.894 bits per heavy atom. The second kappa shape index (κ2) is 43.3. The fourth-order valence-electron chi connectivity index (χ4n) is 8.05. The summed E-state index contributed by atoms with van der Waals surface area (Å²) in [7, 11) is -5.03. The minimum absolute atomic E-state index is 0.0969. The average Bonchev–Trinajstić information content (AvgIpc) is 3.30. The van der Waals surface area contributed by atoms with Gasteiger partial charge in [0.1, 0.15) is 42.7 Å². The zero-order valence-corrected chi connectivity index (χ0v) is 42.4. The molecule has 6 unspecified atom stereocenters. The molecule has 66 heavy (non-hydrogen) atoms. The number of unbranched alkanes of at least 4 members (excludes halogenated alkanes) is 25. The van der Waals surface area contributed by atoms with Gasteiger partial charge in [-0.25, -0.2) is 4.57 Å². The Hall–Kier alpha value is -1.70. The van der Waals surface area contributed by atoms with Gasteiger partial charge in [-0.1, -0.05) is 210 Å². The Morgan fingerprint density at radius 3 is 1.35 bits per heavy atom. The van der Waals surface area contributed by atoms with Gasteiger partial charge in [0, 0.05) is 13.0 Å². The topological polar surface area (TPSA) is 192 Å². The van der Waals surface area contributed by atoms with Crippen LogP contribution in [-0.4, -0.2) is 98.9 Å². The van der Waals surface area contributed by atoms with Gasteiger partial charge >= 0.3 is 13.8 Å². The fourth-order valence-corrected chi connectivity index (χ4v) is 9.03. The third-order valence-corrected chi connectivity index (χ3v) is 13.2. The largest absolute Gasteiger partial charge is 0.472 e. The highest BCUT2D eigenvalue weighted by molar-refractivity contribution is 7.47. The molecule has 0 aromatic carbocycles. The van der Waals surface area contributed by atoms with E-state index in [-0.39, 0.29) is 13.0 Å². The lowest BCUT2D eigenvalue weighted by Gasteiger charge is -2.41. The molecule has 386 valence electrons. The fraction of sp³-hybridized carbons (Fsp3) is 0.830. The van der Waals surface area contributed by atoms with Gasteiger partial charge in [-0.05, 0) is 51.4 Å². The number of aliphatic hydroxyl groups excluding tert-OH is 5. The van der Waals surface area contributed by atoms with E-state index >= 15 is 0 Å². The van der Waals surface area contributed by atoms with Gasteiger partial charge in [-0.2, -0.15) is 0 Å². The van der Waals surface area contributed by atoms with E-state index in [1.807, 2.05) is 0 Å². The van der Waals surface area contributed by atoms with Crippen molar-refractivity contribution in [3.63, 3.8) is 0 Å². The van der Waals surface area contributed by atoms with Crippen molar-refractivity contribution >= 4 is 13.8 Å². The molecule has 0 bridgehead atoms. The van der Waals surface area contributed by atoms with Crippen molar-refractivity contribution in [3.05, 3.63) is 48.6 Å². The van der Waals surface area contributed by atoms with Gasteiger partial charge in [-0.15, -0.1) is 0 Å². The number of phosphoric ester groups is 1. The lowest BCUT2D eigenvalue weighted by atomic mass is 9.85. The maximum atomic E-state index is 12.9. The van der Waals surface area contributed by atoms with Crippen molar-refractivity contribution in [2.75, 3.05) is 19.8 Å². The summed E-state index contributed by atoms with van der Waals surface area (Å²) in [5.74, 6) is -0.485. The van der Waals surface area contributed by atoms with Crippen LogP contribution in [0.15, 0.2) is 48.6 Å². The zero-order chi connectivity index (χ0) is 48.4. The van der Waals surface area contributed by atoms with E-state index < -0.39 is 63.1 Å². The van der Waals surface area contributed by atoms with Crippen LogP contribution >= 0.6 is 7.82 Å². The number of phosphoric acid groups is 1. The molecular weight excluding hydrogens is 860 g/mol. The van der Waals surface area contributed by atoms with Crippen molar-refractivity contribution in [3.8, 4) is 0 Å². The molecule has 1 aliphatic carbocycles. The predicted octanol–water partition coefficient (Wildman–Crippen LogP) is 12.0. The summed E-state index contributed by atoms with van der Waals surface area (Å²) in [6.45, 7) is 4.10. The maximum absolute atomic E-state index is 12.9. The number of rotatable bonds is 45. The summed E-state index contributed by atoms with van der Waals surface area (Å²) in [5.41, 5.74) is 0. The first-order valence-corrected chi connectivity index (χ1v) is 28.0. The molecule has 0 aromatic rings. The van der Waals surface area contributed by atoms with Crippen LogP contribution in [-0.2, 0) is 27.9 Å². The Labute approximate surface area is 401 Å². The van der Waals surface area contributed by atoms with Crippen molar-refractivity contribution in [2.45, 2.75) is 262 Å². The van der Waals surface area contributed by atoms with Gasteiger partial charge in [0.15, 0.2) is 0 Å². The summed E-state index contributed by atoms with van der Waals surface area (Å²) < 4.78 is 34.3. The standard InChI is InChI=1S/C53H97O12P/c1-3-5-7-9-11-13-15-17-19-21-22-23-24-25-26-27-28-30-32-34-36-38-40-42-47(54)64-46(45-63-66(60,61)65-53-51(58)49(56)48(55)50(57)52(53)59)44-62-43-41-39-37-35-33-31-29-20-18-16-14-12-10-8-6-4-2/h6,8,12,14,18,20,31,33,46,48-53,55-59H,3-5,7,9-11,13,15-17,19,21-30,32,34-45H2,1-2H3,(H,60,61)/b8-6-,14-12-,20-18-,33-31-. The van der Waals surface area contributed by atoms with Crippen molar-refractivity contribution in [2.24, 2.45) is 0 Å². The van der Waals surface area contributed by atoms with E-state index in [1.165, 1.54) is 122 Å². The second-order valence-corrected chi connectivity index (χ2v) is 19.8. The van der Waals surface area contributed by atoms with Gasteiger partial charge < -0.3 is 39.9 Å². The number of allylic oxidation sites excluding steroid dienone is 8. The van der Waals surface area contributed by atoms with Gasteiger partial charge in [0.25, 0.3) is 0 Å². The minimum Gasteiger partial charge on any atom is -0.457 e. The molecular formula is C53H97O12P. The molecule has 12 nitrogen and oxygen atoms in total. The van der Waals surface area contributed by atoms with Gasteiger partial charge in [-0.3, -0.25) is 13.8 Å². The number of carbonyl (C=O) groups is 1. The van der Waals surface area contributed by atoms with E-state index in [9.17, 15) is 39.8 Å². The van der Waals surface area contributed by atoms with Crippen molar-refractivity contribution in [1.29, 1.82) is 0 Å². The first-order chi connectivity index (χ1) is 32.0. The van der Waals surface area contributed by atoms with Crippen LogP contribution in [0.1, 0.15) is 219 Å². The minimum atomic E-state index is -5.03.